The molecule has 2 aromatic rings. The maximum Gasteiger partial charge on any atom is 0.137 e. The number of halogens is 1. The Labute approximate surface area is 131 Å². The first-order valence-electron chi connectivity index (χ1n) is 7.31. The van der Waals surface area contributed by atoms with Crippen LogP contribution in [0.3, 0.4) is 0 Å². The van der Waals surface area contributed by atoms with Crippen LogP contribution >= 0.6 is 11.8 Å². The van der Waals surface area contributed by atoms with Gasteiger partial charge in [0.25, 0.3) is 0 Å². The zero-order chi connectivity index (χ0) is 15.2. The smallest absolute Gasteiger partial charge is 0.137 e. The first kappa shape index (κ1) is 16.1. The summed E-state index contributed by atoms with van der Waals surface area (Å²) < 4.78 is 14.2. The van der Waals surface area contributed by atoms with Crippen molar-refractivity contribution in [1.29, 1.82) is 0 Å². The number of thioether (sulfide) groups is 1. The van der Waals surface area contributed by atoms with Gasteiger partial charge in [0.1, 0.15) is 5.82 Å². The van der Waals surface area contributed by atoms with Gasteiger partial charge in [0.05, 0.1) is 0 Å². The topological polar surface area (TPSA) is 12.0 Å². The van der Waals surface area contributed by atoms with E-state index in [4.69, 9.17) is 0 Å². The minimum Gasteiger partial charge on any atom is -0.310 e. The lowest BCUT2D eigenvalue weighted by Gasteiger charge is -2.14. The second kappa shape index (κ2) is 7.62. The fourth-order valence-electron chi connectivity index (χ4n) is 2.29. The number of rotatable bonds is 6. The van der Waals surface area contributed by atoms with E-state index in [-0.39, 0.29) is 11.9 Å². The van der Waals surface area contributed by atoms with Crippen molar-refractivity contribution < 1.29 is 4.39 Å². The van der Waals surface area contributed by atoms with Crippen molar-refractivity contribution in [3.8, 4) is 0 Å². The van der Waals surface area contributed by atoms with E-state index in [1.54, 1.807) is 17.8 Å². The molecular weight excluding hydrogens is 281 g/mol. The largest absolute Gasteiger partial charge is 0.310 e. The molecule has 1 nitrogen and oxygen atoms in total. The van der Waals surface area contributed by atoms with E-state index in [1.165, 1.54) is 11.1 Å². The highest BCUT2D eigenvalue weighted by Gasteiger charge is 2.09. The highest BCUT2D eigenvalue weighted by molar-refractivity contribution is 7.98. The highest BCUT2D eigenvalue weighted by Crippen LogP contribution is 2.27. The van der Waals surface area contributed by atoms with Crippen molar-refractivity contribution in [1.82, 2.24) is 5.32 Å². The fraction of sp³-hybridized carbons (Fsp3) is 0.333. The molecule has 1 atom stereocenters. The standard InChI is InChI=1S/C18H22FNS/c1-4-20-14(3)16-8-9-18(17(19)11-16)21-12-15-7-5-6-13(2)10-15/h5-11,14,20H,4,12H2,1-3H3. The first-order valence-corrected chi connectivity index (χ1v) is 8.30. The van der Waals surface area contributed by atoms with Gasteiger partial charge in [0.15, 0.2) is 0 Å². The third kappa shape index (κ3) is 4.58. The SMILES string of the molecule is CCNC(C)c1ccc(SCc2cccc(C)c2)c(F)c1. The Balaban J connectivity index is 2.04. The molecule has 112 valence electrons. The molecule has 21 heavy (non-hydrogen) atoms. The van der Waals surface area contributed by atoms with Crippen molar-refractivity contribution in [2.45, 2.75) is 37.5 Å². The number of benzene rings is 2. The summed E-state index contributed by atoms with van der Waals surface area (Å²) in [6, 6.07) is 14.1. The van der Waals surface area contributed by atoms with Crippen LogP contribution in [0.15, 0.2) is 47.4 Å². The van der Waals surface area contributed by atoms with Crippen LogP contribution in [0.25, 0.3) is 0 Å². The van der Waals surface area contributed by atoms with Crippen molar-refractivity contribution in [2.75, 3.05) is 6.54 Å². The summed E-state index contributed by atoms with van der Waals surface area (Å²) in [5.41, 5.74) is 3.46. The van der Waals surface area contributed by atoms with Crippen LogP contribution in [0.2, 0.25) is 0 Å². The number of aryl methyl sites for hydroxylation is 1. The van der Waals surface area contributed by atoms with Gasteiger partial charge in [0.2, 0.25) is 0 Å². The molecule has 2 rings (SSSR count). The quantitative estimate of drug-likeness (QED) is 0.745. The molecule has 0 fully saturated rings. The molecular formula is C18H22FNS. The second-order valence-electron chi connectivity index (χ2n) is 5.25. The van der Waals surface area contributed by atoms with Gasteiger partial charge in [-0.05, 0) is 43.7 Å². The van der Waals surface area contributed by atoms with Gasteiger partial charge in [-0.25, -0.2) is 4.39 Å². The average Bonchev–Trinajstić information content (AvgIpc) is 2.46. The summed E-state index contributed by atoms with van der Waals surface area (Å²) in [7, 11) is 0. The van der Waals surface area contributed by atoms with Crippen LogP contribution < -0.4 is 5.32 Å². The summed E-state index contributed by atoms with van der Waals surface area (Å²) in [5, 5.41) is 3.30. The van der Waals surface area contributed by atoms with E-state index in [1.807, 2.05) is 18.2 Å². The van der Waals surface area contributed by atoms with Gasteiger partial charge >= 0.3 is 0 Å². The van der Waals surface area contributed by atoms with Gasteiger partial charge in [-0.1, -0.05) is 42.8 Å². The molecule has 0 radical (unpaired) electrons. The maximum atomic E-state index is 14.2. The van der Waals surface area contributed by atoms with Crippen LogP contribution in [-0.4, -0.2) is 6.54 Å². The summed E-state index contributed by atoms with van der Waals surface area (Å²) in [5.74, 6) is 0.663. The van der Waals surface area contributed by atoms with E-state index >= 15 is 0 Å². The molecule has 0 aromatic heterocycles. The minimum absolute atomic E-state index is 0.130. The van der Waals surface area contributed by atoms with E-state index < -0.39 is 0 Å². The molecule has 0 aliphatic carbocycles. The van der Waals surface area contributed by atoms with Crippen LogP contribution in [0, 0.1) is 12.7 Å². The van der Waals surface area contributed by atoms with Gasteiger partial charge in [-0.15, -0.1) is 11.8 Å². The van der Waals surface area contributed by atoms with Gasteiger partial charge in [-0.3, -0.25) is 0 Å². The second-order valence-corrected chi connectivity index (χ2v) is 6.26. The van der Waals surface area contributed by atoms with Crippen molar-refractivity contribution in [3.63, 3.8) is 0 Å². The van der Waals surface area contributed by atoms with Crippen molar-refractivity contribution in [3.05, 3.63) is 65.0 Å². The van der Waals surface area contributed by atoms with Crippen molar-refractivity contribution >= 4 is 11.8 Å². The molecule has 0 heterocycles. The minimum atomic E-state index is -0.130. The predicted octanol–water partition coefficient (Wildman–Crippen LogP) is 5.10. The molecule has 0 bridgehead atoms. The van der Waals surface area contributed by atoms with Crippen molar-refractivity contribution in [2.24, 2.45) is 0 Å². The molecule has 0 saturated heterocycles. The molecule has 0 saturated carbocycles. The Hall–Kier alpha value is -1.32. The number of nitrogens with one attached hydrogen (secondary N) is 1. The van der Waals surface area contributed by atoms with Gasteiger partial charge in [0, 0.05) is 16.7 Å². The van der Waals surface area contributed by atoms with Gasteiger partial charge < -0.3 is 5.32 Å². The predicted molar refractivity (Wildman–Crippen MR) is 89.2 cm³/mol. The number of hydrogen-bond acceptors (Lipinski definition) is 2. The number of hydrogen-bond donors (Lipinski definition) is 1. The monoisotopic (exact) mass is 303 g/mol. The lowest BCUT2D eigenvalue weighted by molar-refractivity contribution is 0.572. The van der Waals surface area contributed by atoms with E-state index in [2.05, 4.69) is 44.3 Å². The summed E-state index contributed by atoms with van der Waals surface area (Å²) in [6.07, 6.45) is 0. The molecule has 3 heteroatoms. The average molecular weight is 303 g/mol. The molecule has 0 spiro atoms. The fourth-order valence-corrected chi connectivity index (χ4v) is 3.15. The van der Waals surface area contributed by atoms with E-state index in [9.17, 15) is 4.39 Å². The third-order valence-corrected chi connectivity index (χ3v) is 4.56. The molecule has 0 aliphatic heterocycles. The Morgan fingerprint density at radius 2 is 2.00 bits per heavy atom. The normalized spacial score (nSPS) is 12.4. The van der Waals surface area contributed by atoms with Gasteiger partial charge in [-0.2, -0.15) is 0 Å². The lowest BCUT2D eigenvalue weighted by atomic mass is 10.1. The Kier molecular flexibility index (Phi) is 5.83. The summed E-state index contributed by atoms with van der Waals surface area (Å²) in [4.78, 5) is 0.712. The molecule has 0 amide bonds. The summed E-state index contributed by atoms with van der Waals surface area (Å²) in [6.45, 7) is 7.06. The Bertz CT molecular complexity index is 598. The summed E-state index contributed by atoms with van der Waals surface area (Å²) >= 11 is 1.55. The zero-order valence-corrected chi connectivity index (χ0v) is 13.6. The van der Waals surface area contributed by atoms with Crippen LogP contribution in [0.5, 0.6) is 0 Å². The zero-order valence-electron chi connectivity index (χ0n) is 12.8. The maximum absolute atomic E-state index is 14.2. The highest BCUT2D eigenvalue weighted by atomic mass is 32.2. The molecule has 1 N–H and O–H groups in total. The third-order valence-electron chi connectivity index (χ3n) is 3.44. The Morgan fingerprint density at radius 1 is 1.19 bits per heavy atom. The molecule has 0 aliphatic rings. The first-order chi connectivity index (χ1) is 10.1. The Morgan fingerprint density at radius 3 is 2.67 bits per heavy atom. The lowest BCUT2D eigenvalue weighted by Crippen LogP contribution is -2.17. The molecule has 1 unspecified atom stereocenters. The van der Waals surface area contributed by atoms with E-state index in [0.29, 0.717) is 4.90 Å². The van der Waals surface area contributed by atoms with Crippen LogP contribution in [0.4, 0.5) is 4.39 Å². The van der Waals surface area contributed by atoms with Crippen LogP contribution in [0.1, 0.15) is 36.6 Å². The van der Waals surface area contributed by atoms with Crippen LogP contribution in [-0.2, 0) is 5.75 Å². The molecule has 2 aromatic carbocycles. The van der Waals surface area contributed by atoms with E-state index in [0.717, 1.165) is 17.9 Å².